The number of carbonyl (C=O) groups excluding carboxylic acids is 1. The number of carbonyl (C=O) groups is 1. The van der Waals surface area contributed by atoms with Gasteiger partial charge in [-0.2, -0.15) is 0 Å². The van der Waals surface area contributed by atoms with E-state index in [1.807, 2.05) is 42.5 Å². The molecular weight excluding hydrogens is 398 g/mol. The predicted molar refractivity (Wildman–Crippen MR) is 120 cm³/mol. The van der Waals surface area contributed by atoms with Crippen molar-refractivity contribution in [3.8, 4) is 17.1 Å². The summed E-state index contributed by atoms with van der Waals surface area (Å²) in [6.07, 6.45) is 0. The fourth-order valence-electron chi connectivity index (χ4n) is 2.75. The number of nitrogen functional groups attached to an aromatic ring is 1. The highest BCUT2D eigenvalue weighted by molar-refractivity contribution is 7.99. The molecule has 2 aromatic carbocycles. The molecule has 8 heteroatoms. The predicted octanol–water partition coefficient (Wildman–Crippen LogP) is 3.24. The van der Waals surface area contributed by atoms with Gasteiger partial charge in [0.2, 0.25) is 11.1 Å². The molecule has 3 rings (SSSR count). The number of hydrogen-bond donors (Lipinski definition) is 2. The summed E-state index contributed by atoms with van der Waals surface area (Å²) in [6.45, 7) is 7.33. The number of para-hydroxylation sites is 1. The van der Waals surface area contributed by atoms with Crippen molar-refractivity contribution in [2.45, 2.75) is 31.3 Å². The minimum absolute atomic E-state index is 0.0788. The Hall–Kier alpha value is -3.00. The van der Waals surface area contributed by atoms with Crippen molar-refractivity contribution < 1.29 is 9.53 Å². The van der Waals surface area contributed by atoms with E-state index in [1.54, 1.807) is 0 Å². The Morgan fingerprint density at radius 1 is 1.10 bits per heavy atom. The molecule has 0 aliphatic heterocycles. The lowest BCUT2D eigenvalue weighted by atomic mass is 9.87. The molecule has 0 unspecified atom stereocenters. The van der Waals surface area contributed by atoms with Crippen LogP contribution in [0.15, 0.2) is 59.8 Å². The largest absolute Gasteiger partial charge is 0.492 e. The van der Waals surface area contributed by atoms with Crippen LogP contribution in [0.5, 0.6) is 5.75 Å². The standard InChI is InChI=1S/C22H27N5O2S/c1-22(2,3)17-11-9-16(10-12-17)20-25-26-21(27(20)23)30-15-19(28)24-13-14-29-18-7-5-4-6-8-18/h4-12H,13-15,23H2,1-3H3,(H,24,28). The van der Waals surface area contributed by atoms with E-state index in [0.717, 1.165) is 11.3 Å². The molecule has 1 heterocycles. The van der Waals surface area contributed by atoms with Crippen molar-refractivity contribution >= 4 is 17.7 Å². The maximum absolute atomic E-state index is 12.1. The molecule has 1 aromatic heterocycles. The van der Waals surface area contributed by atoms with Crippen LogP contribution in [0.1, 0.15) is 26.3 Å². The van der Waals surface area contributed by atoms with E-state index in [1.165, 1.54) is 22.0 Å². The lowest BCUT2D eigenvalue weighted by Gasteiger charge is -2.19. The molecular formula is C22H27N5O2S. The number of hydrogen-bond acceptors (Lipinski definition) is 6. The molecule has 0 radical (unpaired) electrons. The second kappa shape index (κ2) is 9.67. The van der Waals surface area contributed by atoms with Crippen molar-refractivity contribution in [1.29, 1.82) is 0 Å². The van der Waals surface area contributed by atoms with Gasteiger partial charge >= 0.3 is 0 Å². The minimum Gasteiger partial charge on any atom is -0.492 e. The number of rotatable bonds is 8. The molecule has 1 amide bonds. The van der Waals surface area contributed by atoms with Gasteiger partial charge < -0.3 is 15.9 Å². The molecule has 30 heavy (non-hydrogen) atoms. The third-order valence-electron chi connectivity index (χ3n) is 4.44. The third kappa shape index (κ3) is 5.76. The molecule has 3 aromatic rings. The zero-order valence-electron chi connectivity index (χ0n) is 17.5. The topological polar surface area (TPSA) is 95.1 Å². The van der Waals surface area contributed by atoms with E-state index < -0.39 is 0 Å². The van der Waals surface area contributed by atoms with Crippen LogP contribution in [-0.4, -0.2) is 39.7 Å². The first-order valence-corrected chi connectivity index (χ1v) is 10.7. The minimum atomic E-state index is -0.115. The molecule has 0 spiro atoms. The van der Waals surface area contributed by atoms with Crippen LogP contribution in [-0.2, 0) is 10.2 Å². The molecule has 0 bridgehead atoms. The normalized spacial score (nSPS) is 11.3. The summed E-state index contributed by atoms with van der Waals surface area (Å²) in [7, 11) is 0. The summed E-state index contributed by atoms with van der Waals surface area (Å²) in [5.41, 5.74) is 2.19. The molecule has 0 aliphatic carbocycles. The zero-order chi connectivity index (χ0) is 21.6. The molecule has 0 aliphatic rings. The van der Waals surface area contributed by atoms with E-state index >= 15 is 0 Å². The van der Waals surface area contributed by atoms with Gasteiger partial charge in [-0.15, -0.1) is 10.2 Å². The van der Waals surface area contributed by atoms with Crippen molar-refractivity contribution in [2.75, 3.05) is 24.7 Å². The van der Waals surface area contributed by atoms with Crippen LogP contribution in [0.3, 0.4) is 0 Å². The molecule has 0 atom stereocenters. The summed E-state index contributed by atoms with van der Waals surface area (Å²) in [4.78, 5) is 12.1. The number of nitrogens with zero attached hydrogens (tertiary/aromatic N) is 3. The van der Waals surface area contributed by atoms with Gasteiger partial charge in [-0.1, -0.05) is 75.0 Å². The van der Waals surface area contributed by atoms with Gasteiger partial charge in [0.25, 0.3) is 0 Å². The quantitative estimate of drug-likeness (QED) is 0.327. The van der Waals surface area contributed by atoms with Crippen molar-refractivity contribution in [3.63, 3.8) is 0 Å². The van der Waals surface area contributed by atoms with Crippen LogP contribution in [0.2, 0.25) is 0 Å². The maximum Gasteiger partial charge on any atom is 0.230 e. The van der Waals surface area contributed by atoms with Gasteiger partial charge in [0, 0.05) is 5.56 Å². The number of benzene rings is 2. The molecule has 0 fully saturated rings. The first-order valence-electron chi connectivity index (χ1n) is 9.73. The Morgan fingerprint density at radius 3 is 2.47 bits per heavy atom. The number of aromatic nitrogens is 3. The average Bonchev–Trinajstić information content (AvgIpc) is 3.10. The second-order valence-electron chi connectivity index (χ2n) is 7.80. The third-order valence-corrected chi connectivity index (χ3v) is 5.39. The molecule has 0 saturated carbocycles. The van der Waals surface area contributed by atoms with Gasteiger partial charge in [0.1, 0.15) is 12.4 Å². The Bertz CT molecular complexity index is 965. The Kier molecular flexibility index (Phi) is 6.99. The SMILES string of the molecule is CC(C)(C)c1ccc(-c2nnc(SCC(=O)NCCOc3ccccc3)n2N)cc1. The summed E-state index contributed by atoms with van der Waals surface area (Å²) in [5.74, 6) is 7.58. The fourth-order valence-corrected chi connectivity index (χ4v) is 3.44. The van der Waals surface area contributed by atoms with E-state index in [-0.39, 0.29) is 17.1 Å². The first-order chi connectivity index (χ1) is 14.3. The van der Waals surface area contributed by atoms with Gasteiger partial charge in [0.05, 0.1) is 12.3 Å². The Balaban J connectivity index is 1.48. The monoisotopic (exact) mass is 425 g/mol. The van der Waals surface area contributed by atoms with Gasteiger partial charge in [-0.05, 0) is 23.1 Å². The second-order valence-corrected chi connectivity index (χ2v) is 8.75. The van der Waals surface area contributed by atoms with E-state index in [2.05, 4.69) is 48.4 Å². The fraction of sp³-hybridized carbons (Fsp3) is 0.318. The summed E-state index contributed by atoms with van der Waals surface area (Å²) in [6, 6.07) is 17.6. The van der Waals surface area contributed by atoms with Crippen LogP contribution in [0.25, 0.3) is 11.4 Å². The van der Waals surface area contributed by atoms with Crippen LogP contribution in [0.4, 0.5) is 0 Å². The average molecular weight is 426 g/mol. The van der Waals surface area contributed by atoms with Gasteiger partial charge in [-0.25, -0.2) is 4.68 Å². The smallest absolute Gasteiger partial charge is 0.230 e. The number of nitrogens with two attached hydrogens (primary N) is 1. The van der Waals surface area contributed by atoms with Crippen molar-refractivity contribution in [2.24, 2.45) is 0 Å². The number of thioether (sulfide) groups is 1. The number of amides is 1. The highest BCUT2D eigenvalue weighted by atomic mass is 32.2. The highest BCUT2D eigenvalue weighted by Gasteiger charge is 2.16. The van der Waals surface area contributed by atoms with Crippen molar-refractivity contribution in [1.82, 2.24) is 20.2 Å². The number of ether oxygens (including phenoxy) is 1. The summed E-state index contributed by atoms with van der Waals surface area (Å²) in [5, 5.41) is 11.6. The number of nitrogens with one attached hydrogen (secondary N) is 1. The zero-order valence-corrected chi connectivity index (χ0v) is 18.3. The van der Waals surface area contributed by atoms with Gasteiger partial charge in [-0.3, -0.25) is 4.79 Å². The molecule has 3 N–H and O–H groups in total. The molecule has 158 valence electrons. The lowest BCUT2D eigenvalue weighted by Crippen LogP contribution is -2.29. The van der Waals surface area contributed by atoms with E-state index in [4.69, 9.17) is 10.6 Å². The van der Waals surface area contributed by atoms with Crippen LogP contribution in [0, 0.1) is 0 Å². The van der Waals surface area contributed by atoms with E-state index in [0.29, 0.717) is 24.1 Å². The molecule has 0 saturated heterocycles. The Morgan fingerprint density at radius 2 is 1.80 bits per heavy atom. The highest BCUT2D eigenvalue weighted by Crippen LogP contribution is 2.26. The van der Waals surface area contributed by atoms with Crippen molar-refractivity contribution in [3.05, 3.63) is 60.2 Å². The van der Waals surface area contributed by atoms with Crippen LogP contribution >= 0.6 is 11.8 Å². The first kappa shape index (κ1) is 21.7. The Labute approximate surface area is 181 Å². The van der Waals surface area contributed by atoms with Crippen LogP contribution < -0.4 is 15.9 Å². The van der Waals surface area contributed by atoms with E-state index in [9.17, 15) is 4.79 Å². The van der Waals surface area contributed by atoms with Gasteiger partial charge in [0.15, 0.2) is 5.82 Å². The molecule has 7 nitrogen and oxygen atoms in total. The lowest BCUT2D eigenvalue weighted by molar-refractivity contribution is -0.118. The summed E-state index contributed by atoms with van der Waals surface area (Å²) >= 11 is 1.24. The summed E-state index contributed by atoms with van der Waals surface area (Å²) < 4.78 is 6.97. The maximum atomic E-state index is 12.1.